The fourth-order valence-electron chi connectivity index (χ4n) is 2.29. The molecule has 7 heteroatoms. The van der Waals surface area contributed by atoms with Crippen LogP contribution in [-0.2, 0) is 13.1 Å². The second kappa shape index (κ2) is 7.37. The van der Waals surface area contributed by atoms with Crippen molar-refractivity contribution in [3.8, 4) is 11.5 Å². The first-order valence-corrected chi connectivity index (χ1v) is 7.57. The van der Waals surface area contributed by atoms with Gasteiger partial charge in [0.25, 0.3) is 5.91 Å². The number of halogens is 1. The first-order chi connectivity index (χ1) is 11.0. The molecule has 0 aliphatic heterocycles. The largest absolute Gasteiger partial charge is 0.497 e. The second-order valence-electron chi connectivity index (χ2n) is 4.98. The first-order valence-electron chi connectivity index (χ1n) is 7.19. The van der Waals surface area contributed by atoms with E-state index in [1.165, 1.54) is 7.11 Å². The molecule has 2 aromatic rings. The molecule has 1 heterocycles. The third-order valence-corrected chi connectivity index (χ3v) is 3.89. The van der Waals surface area contributed by atoms with E-state index in [1.54, 1.807) is 48.1 Å². The lowest BCUT2D eigenvalue weighted by Gasteiger charge is -2.19. The van der Waals surface area contributed by atoms with E-state index in [0.29, 0.717) is 35.2 Å². The summed E-state index contributed by atoms with van der Waals surface area (Å²) in [7, 11) is 4.81. The number of aryl methyl sites for hydroxylation is 1. The van der Waals surface area contributed by atoms with Gasteiger partial charge in [-0.1, -0.05) is 11.6 Å². The van der Waals surface area contributed by atoms with Crippen molar-refractivity contribution in [1.29, 1.82) is 0 Å². The Morgan fingerprint density at radius 3 is 2.70 bits per heavy atom. The molecular formula is C16H20ClN3O3. The van der Waals surface area contributed by atoms with Gasteiger partial charge in [-0.15, -0.1) is 0 Å². The number of hydrogen-bond acceptors (Lipinski definition) is 4. The lowest BCUT2D eigenvalue weighted by atomic mass is 10.1. The van der Waals surface area contributed by atoms with Crippen molar-refractivity contribution < 1.29 is 14.3 Å². The summed E-state index contributed by atoms with van der Waals surface area (Å²) in [6.45, 7) is 3.03. The smallest absolute Gasteiger partial charge is 0.257 e. The Morgan fingerprint density at radius 2 is 2.09 bits per heavy atom. The molecule has 6 nitrogen and oxygen atoms in total. The van der Waals surface area contributed by atoms with Crippen LogP contribution in [0.5, 0.6) is 11.5 Å². The van der Waals surface area contributed by atoms with E-state index >= 15 is 0 Å². The number of ether oxygens (including phenoxy) is 2. The fraction of sp³-hybridized carbons (Fsp3) is 0.375. The number of carbonyl (C=O) groups is 1. The molecule has 0 spiro atoms. The Kier molecular flexibility index (Phi) is 5.50. The topological polar surface area (TPSA) is 56.6 Å². The number of benzene rings is 1. The van der Waals surface area contributed by atoms with Crippen molar-refractivity contribution in [3.05, 3.63) is 40.7 Å². The van der Waals surface area contributed by atoms with E-state index < -0.39 is 0 Å². The molecule has 0 radical (unpaired) electrons. The van der Waals surface area contributed by atoms with Crippen LogP contribution >= 0.6 is 11.6 Å². The molecule has 0 bridgehead atoms. The van der Waals surface area contributed by atoms with E-state index in [-0.39, 0.29) is 5.91 Å². The highest BCUT2D eigenvalue weighted by molar-refractivity contribution is 6.31. The molecular weight excluding hydrogens is 318 g/mol. The van der Waals surface area contributed by atoms with Crippen molar-refractivity contribution in [2.24, 2.45) is 0 Å². The molecule has 0 unspecified atom stereocenters. The van der Waals surface area contributed by atoms with E-state index in [9.17, 15) is 4.79 Å². The van der Waals surface area contributed by atoms with Crippen LogP contribution in [0.1, 0.15) is 23.0 Å². The van der Waals surface area contributed by atoms with Gasteiger partial charge in [0, 0.05) is 19.7 Å². The predicted molar refractivity (Wildman–Crippen MR) is 88.3 cm³/mol. The monoisotopic (exact) mass is 337 g/mol. The van der Waals surface area contributed by atoms with Gasteiger partial charge < -0.3 is 14.4 Å². The molecule has 0 saturated carbocycles. The molecule has 0 N–H and O–H groups in total. The maximum absolute atomic E-state index is 12.7. The summed E-state index contributed by atoms with van der Waals surface area (Å²) >= 11 is 6.15. The molecule has 0 atom stereocenters. The molecule has 2 rings (SSSR count). The predicted octanol–water partition coefficient (Wildman–Crippen LogP) is 2.85. The number of carbonyl (C=O) groups excluding carboxylic acids is 1. The van der Waals surface area contributed by atoms with Gasteiger partial charge in [-0.2, -0.15) is 5.10 Å². The minimum Gasteiger partial charge on any atom is -0.497 e. The van der Waals surface area contributed by atoms with Crippen molar-refractivity contribution in [2.45, 2.75) is 20.0 Å². The van der Waals surface area contributed by atoms with E-state index in [1.807, 2.05) is 6.92 Å². The summed E-state index contributed by atoms with van der Waals surface area (Å²) in [4.78, 5) is 14.3. The van der Waals surface area contributed by atoms with Gasteiger partial charge in [0.15, 0.2) is 0 Å². The molecule has 1 amide bonds. The van der Waals surface area contributed by atoms with Crippen molar-refractivity contribution in [1.82, 2.24) is 14.7 Å². The minimum atomic E-state index is -0.163. The van der Waals surface area contributed by atoms with E-state index in [4.69, 9.17) is 21.1 Å². The third kappa shape index (κ3) is 3.59. The average Bonchev–Trinajstić information content (AvgIpc) is 2.93. The highest BCUT2D eigenvalue weighted by Gasteiger charge is 2.20. The standard InChI is InChI=1S/C16H20ClN3O3/c1-5-20-14(13(17)9-18-20)10-19(2)16(21)12-7-6-11(22-3)8-15(12)23-4/h6-9H,5,10H2,1-4H3. The number of nitrogens with zero attached hydrogens (tertiary/aromatic N) is 3. The van der Waals surface area contributed by atoms with Crippen LogP contribution < -0.4 is 9.47 Å². The van der Waals surface area contributed by atoms with Crippen LogP contribution in [0, 0.1) is 0 Å². The summed E-state index contributed by atoms with van der Waals surface area (Å²) in [6, 6.07) is 5.10. The summed E-state index contributed by atoms with van der Waals surface area (Å²) in [5.41, 5.74) is 1.27. The van der Waals surface area contributed by atoms with Crippen LogP contribution in [0.4, 0.5) is 0 Å². The zero-order valence-electron chi connectivity index (χ0n) is 13.7. The molecule has 1 aromatic heterocycles. The molecule has 1 aromatic carbocycles. The highest BCUT2D eigenvalue weighted by atomic mass is 35.5. The van der Waals surface area contributed by atoms with Crippen LogP contribution in [-0.4, -0.2) is 41.9 Å². The van der Waals surface area contributed by atoms with Crippen molar-refractivity contribution in [3.63, 3.8) is 0 Å². The van der Waals surface area contributed by atoms with Gasteiger partial charge in [-0.3, -0.25) is 9.48 Å². The van der Waals surface area contributed by atoms with Gasteiger partial charge in [-0.25, -0.2) is 0 Å². The number of methoxy groups -OCH3 is 2. The fourth-order valence-corrected chi connectivity index (χ4v) is 2.50. The quantitative estimate of drug-likeness (QED) is 0.813. The Labute approximate surface area is 140 Å². The van der Waals surface area contributed by atoms with Crippen LogP contribution in [0.25, 0.3) is 0 Å². The Hall–Kier alpha value is -2.21. The third-order valence-electron chi connectivity index (χ3n) is 3.57. The number of aromatic nitrogens is 2. The highest BCUT2D eigenvalue weighted by Crippen LogP contribution is 2.26. The van der Waals surface area contributed by atoms with Crippen molar-refractivity contribution in [2.75, 3.05) is 21.3 Å². The molecule has 0 aliphatic rings. The van der Waals surface area contributed by atoms with Crippen LogP contribution in [0.3, 0.4) is 0 Å². The number of rotatable bonds is 6. The van der Waals surface area contributed by atoms with Gasteiger partial charge >= 0.3 is 0 Å². The Morgan fingerprint density at radius 1 is 1.35 bits per heavy atom. The average molecular weight is 338 g/mol. The van der Waals surface area contributed by atoms with Gasteiger partial charge in [0.05, 0.1) is 43.2 Å². The van der Waals surface area contributed by atoms with Crippen LogP contribution in [0.15, 0.2) is 24.4 Å². The summed E-state index contributed by atoms with van der Waals surface area (Å²) in [5, 5.41) is 4.73. The Balaban J connectivity index is 2.24. The van der Waals surface area contributed by atoms with Crippen molar-refractivity contribution >= 4 is 17.5 Å². The zero-order valence-corrected chi connectivity index (χ0v) is 14.4. The maximum Gasteiger partial charge on any atom is 0.257 e. The van der Waals surface area contributed by atoms with E-state index in [0.717, 1.165) is 5.69 Å². The zero-order chi connectivity index (χ0) is 17.0. The van der Waals surface area contributed by atoms with Crippen LogP contribution in [0.2, 0.25) is 5.02 Å². The molecule has 0 saturated heterocycles. The first kappa shape index (κ1) is 17.1. The molecule has 124 valence electrons. The summed E-state index contributed by atoms with van der Waals surface area (Å²) in [6.07, 6.45) is 1.59. The number of hydrogen-bond donors (Lipinski definition) is 0. The summed E-state index contributed by atoms with van der Waals surface area (Å²) in [5.74, 6) is 0.939. The normalized spacial score (nSPS) is 10.5. The van der Waals surface area contributed by atoms with E-state index in [2.05, 4.69) is 5.10 Å². The molecule has 0 fully saturated rings. The van der Waals surface area contributed by atoms with Gasteiger partial charge in [-0.05, 0) is 19.1 Å². The van der Waals surface area contributed by atoms with Gasteiger partial charge in [0.1, 0.15) is 11.5 Å². The lowest BCUT2D eigenvalue weighted by Crippen LogP contribution is -2.28. The summed E-state index contributed by atoms with van der Waals surface area (Å²) < 4.78 is 12.2. The SMILES string of the molecule is CCn1ncc(Cl)c1CN(C)C(=O)c1ccc(OC)cc1OC. The minimum absolute atomic E-state index is 0.163. The van der Waals surface area contributed by atoms with Gasteiger partial charge in [0.2, 0.25) is 0 Å². The number of amides is 1. The second-order valence-corrected chi connectivity index (χ2v) is 5.39. The lowest BCUT2D eigenvalue weighted by molar-refractivity contribution is 0.0778. The molecule has 0 aliphatic carbocycles. The maximum atomic E-state index is 12.7. The molecule has 23 heavy (non-hydrogen) atoms. The Bertz CT molecular complexity index is 700.